The van der Waals surface area contributed by atoms with Gasteiger partial charge in [-0.15, -0.1) is 10.2 Å². The second kappa shape index (κ2) is 8.18. The third kappa shape index (κ3) is 4.01. The molecule has 4 aromatic rings. The first-order valence-corrected chi connectivity index (χ1v) is 9.44. The van der Waals surface area contributed by atoms with Gasteiger partial charge in [0.25, 0.3) is 5.22 Å². The summed E-state index contributed by atoms with van der Waals surface area (Å²) in [4.78, 5) is 0. The first-order valence-electron chi connectivity index (χ1n) is 8.46. The molecule has 0 radical (unpaired) electrons. The van der Waals surface area contributed by atoms with Crippen LogP contribution in [0.1, 0.15) is 5.69 Å². The number of hydrogen-bond donors (Lipinski definition) is 0. The predicted molar refractivity (Wildman–Crippen MR) is 104 cm³/mol. The smallest absolute Gasteiger partial charge is 0.277 e. The largest absolute Gasteiger partial charge is 0.497 e. The summed E-state index contributed by atoms with van der Waals surface area (Å²) in [5, 5.41) is 12.7. The van der Waals surface area contributed by atoms with E-state index in [4.69, 9.17) is 18.4 Å². The molecule has 28 heavy (non-hydrogen) atoms. The summed E-state index contributed by atoms with van der Waals surface area (Å²) in [6.07, 6.45) is 0. The molecule has 0 fully saturated rings. The number of nitrogens with zero attached hydrogens (tertiary/aromatic N) is 3. The van der Waals surface area contributed by atoms with E-state index >= 15 is 0 Å². The molecule has 7 nitrogen and oxygen atoms in total. The second-order valence-electron chi connectivity index (χ2n) is 5.81. The normalized spacial score (nSPS) is 10.8. The molecule has 8 heteroatoms. The van der Waals surface area contributed by atoms with E-state index in [0.717, 1.165) is 22.6 Å². The van der Waals surface area contributed by atoms with Crippen molar-refractivity contribution < 1.29 is 18.4 Å². The lowest BCUT2D eigenvalue weighted by atomic mass is 10.2. The molecule has 142 valence electrons. The highest BCUT2D eigenvalue weighted by atomic mass is 32.2. The van der Waals surface area contributed by atoms with Gasteiger partial charge in [0.2, 0.25) is 5.89 Å². The molecule has 0 aliphatic carbocycles. The number of ether oxygens (including phenoxy) is 2. The Kier molecular flexibility index (Phi) is 5.29. The van der Waals surface area contributed by atoms with Crippen LogP contribution in [0.2, 0.25) is 0 Å². The fourth-order valence-electron chi connectivity index (χ4n) is 2.57. The van der Waals surface area contributed by atoms with Gasteiger partial charge < -0.3 is 18.4 Å². The summed E-state index contributed by atoms with van der Waals surface area (Å²) >= 11 is 1.39. The summed E-state index contributed by atoms with van der Waals surface area (Å²) in [5.74, 6) is 2.98. The molecule has 0 N–H and O–H groups in total. The average molecular weight is 395 g/mol. The van der Waals surface area contributed by atoms with Gasteiger partial charge in [0, 0.05) is 29.0 Å². The highest BCUT2D eigenvalue weighted by Gasteiger charge is 2.13. The van der Waals surface area contributed by atoms with Crippen molar-refractivity contribution in [2.45, 2.75) is 11.0 Å². The van der Waals surface area contributed by atoms with Gasteiger partial charge in [0.15, 0.2) is 5.76 Å². The van der Waals surface area contributed by atoms with Crippen molar-refractivity contribution in [3.05, 3.63) is 60.3 Å². The molecular weight excluding hydrogens is 378 g/mol. The summed E-state index contributed by atoms with van der Waals surface area (Å²) in [7, 11) is 3.19. The molecular formula is C20H17N3O4S. The monoisotopic (exact) mass is 395 g/mol. The minimum Gasteiger partial charge on any atom is -0.497 e. The van der Waals surface area contributed by atoms with Crippen LogP contribution in [0.3, 0.4) is 0 Å². The van der Waals surface area contributed by atoms with Gasteiger partial charge in [0.1, 0.15) is 11.5 Å². The third-order valence-corrected chi connectivity index (χ3v) is 4.82. The van der Waals surface area contributed by atoms with Crippen LogP contribution in [0.25, 0.3) is 22.8 Å². The molecule has 2 aromatic heterocycles. The number of methoxy groups -OCH3 is 2. The zero-order valence-electron chi connectivity index (χ0n) is 15.3. The van der Waals surface area contributed by atoms with E-state index in [1.807, 2.05) is 48.5 Å². The van der Waals surface area contributed by atoms with Crippen LogP contribution in [0.5, 0.6) is 11.5 Å². The fourth-order valence-corrected chi connectivity index (χ4v) is 3.21. The van der Waals surface area contributed by atoms with Crippen LogP contribution >= 0.6 is 11.8 Å². The van der Waals surface area contributed by atoms with Crippen LogP contribution in [-0.2, 0) is 5.75 Å². The van der Waals surface area contributed by atoms with Crippen molar-refractivity contribution in [2.24, 2.45) is 0 Å². The van der Waals surface area contributed by atoms with E-state index in [1.165, 1.54) is 11.8 Å². The van der Waals surface area contributed by atoms with Crippen molar-refractivity contribution in [1.29, 1.82) is 0 Å². The van der Waals surface area contributed by atoms with E-state index in [9.17, 15) is 0 Å². The maximum atomic E-state index is 5.75. The summed E-state index contributed by atoms with van der Waals surface area (Å²) < 4.78 is 21.7. The lowest BCUT2D eigenvalue weighted by molar-refractivity contribution is 0.394. The van der Waals surface area contributed by atoms with E-state index in [0.29, 0.717) is 28.4 Å². The summed E-state index contributed by atoms with van der Waals surface area (Å²) in [6, 6.07) is 17.1. The van der Waals surface area contributed by atoms with E-state index in [1.54, 1.807) is 20.3 Å². The van der Waals surface area contributed by atoms with Crippen molar-refractivity contribution in [1.82, 2.24) is 15.4 Å². The molecule has 0 aliphatic heterocycles. The molecule has 4 rings (SSSR count). The first-order chi connectivity index (χ1) is 13.7. The van der Waals surface area contributed by atoms with Gasteiger partial charge in [-0.1, -0.05) is 47.3 Å². The van der Waals surface area contributed by atoms with E-state index < -0.39 is 0 Å². The lowest BCUT2D eigenvalue weighted by Crippen LogP contribution is -1.88. The fraction of sp³-hybridized carbons (Fsp3) is 0.150. The van der Waals surface area contributed by atoms with Crippen LogP contribution in [0, 0.1) is 0 Å². The van der Waals surface area contributed by atoms with Gasteiger partial charge in [-0.25, -0.2) is 0 Å². The maximum absolute atomic E-state index is 5.75. The third-order valence-electron chi connectivity index (χ3n) is 3.97. The minimum absolute atomic E-state index is 0.393. The molecule has 0 unspecified atom stereocenters. The van der Waals surface area contributed by atoms with Crippen LogP contribution in [-0.4, -0.2) is 29.6 Å². The topological polar surface area (TPSA) is 83.4 Å². The molecule has 0 atom stereocenters. The number of aromatic nitrogens is 3. The maximum Gasteiger partial charge on any atom is 0.277 e. The van der Waals surface area contributed by atoms with E-state index in [-0.39, 0.29) is 0 Å². The lowest BCUT2D eigenvalue weighted by Gasteiger charge is -2.05. The van der Waals surface area contributed by atoms with E-state index in [2.05, 4.69) is 15.4 Å². The molecule has 0 aliphatic rings. The Labute approximate surface area is 165 Å². The zero-order valence-corrected chi connectivity index (χ0v) is 16.1. The van der Waals surface area contributed by atoms with Gasteiger partial charge >= 0.3 is 0 Å². The Balaban J connectivity index is 1.45. The van der Waals surface area contributed by atoms with Gasteiger partial charge in [-0.05, 0) is 12.1 Å². The SMILES string of the molecule is COc1cc(OC)cc(-c2nnc(SCc3cc(-c4ccccc4)on3)o2)c1. The highest BCUT2D eigenvalue weighted by molar-refractivity contribution is 7.98. The molecule has 0 saturated carbocycles. The standard InChI is InChI=1S/C20H17N3O4S/c1-24-16-8-14(9-17(11-16)25-2)19-21-22-20(26-19)28-12-15-10-18(27-23-15)13-6-4-3-5-7-13/h3-11H,12H2,1-2H3. The Morgan fingerprint density at radius 2 is 1.64 bits per heavy atom. The van der Waals surface area contributed by atoms with Gasteiger partial charge in [-0.3, -0.25) is 0 Å². The van der Waals surface area contributed by atoms with Crippen LogP contribution < -0.4 is 9.47 Å². The Hall–Kier alpha value is -3.26. The Morgan fingerprint density at radius 1 is 0.893 bits per heavy atom. The van der Waals surface area contributed by atoms with Crippen LogP contribution in [0.15, 0.2) is 68.8 Å². The summed E-state index contributed by atoms with van der Waals surface area (Å²) in [6.45, 7) is 0. The quantitative estimate of drug-likeness (QED) is 0.416. The van der Waals surface area contributed by atoms with Crippen molar-refractivity contribution in [3.63, 3.8) is 0 Å². The average Bonchev–Trinajstić information content (AvgIpc) is 3.42. The number of hydrogen-bond acceptors (Lipinski definition) is 8. The molecule has 0 amide bonds. The number of rotatable bonds is 7. The zero-order chi connectivity index (χ0) is 19.3. The molecule has 0 bridgehead atoms. The van der Waals surface area contributed by atoms with Gasteiger partial charge in [-0.2, -0.15) is 0 Å². The number of thioether (sulfide) groups is 1. The van der Waals surface area contributed by atoms with Gasteiger partial charge in [0.05, 0.1) is 19.9 Å². The number of benzene rings is 2. The molecule has 2 aromatic carbocycles. The highest BCUT2D eigenvalue weighted by Crippen LogP contribution is 2.31. The Bertz CT molecular complexity index is 1040. The van der Waals surface area contributed by atoms with Crippen LogP contribution in [0.4, 0.5) is 0 Å². The van der Waals surface area contributed by atoms with Crippen molar-refractivity contribution in [3.8, 4) is 34.3 Å². The second-order valence-corrected chi connectivity index (χ2v) is 6.74. The van der Waals surface area contributed by atoms with Crippen molar-refractivity contribution >= 4 is 11.8 Å². The first kappa shape index (κ1) is 18.1. The molecule has 0 saturated heterocycles. The molecule has 2 heterocycles. The predicted octanol–water partition coefficient (Wildman–Crippen LogP) is 4.70. The minimum atomic E-state index is 0.393. The van der Waals surface area contributed by atoms with Crippen molar-refractivity contribution in [2.75, 3.05) is 14.2 Å². The Morgan fingerprint density at radius 3 is 2.36 bits per heavy atom. The molecule has 0 spiro atoms. The summed E-state index contributed by atoms with van der Waals surface area (Å²) in [5.41, 5.74) is 2.51.